The third-order valence-electron chi connectivity index (χ3n) is 4.36. The average molecular weight is 402 g/mol. The predicted octanol–water partition coefficient (Wildman–Crippen LogP) is 1.20. The number of carbonyl (C=O) groups is 3. The van der Waals surface area contributed by atoms with Crippen molar-refractivity contribution in [3.63, 3.8) is 0 Å². The second-order valence-electron chi connectivity index (χ2n) is 6.50. The molecule has 3 rings (SSSR count). The second-order valence-corrected chi connectivity index (χ2v) is 7.36. The number of benzene rings is 1. The lowest BCUT2D eigenvalue weighted by Gasteiger charge is -2.32. The Hall–Kier alpha value is -2.98. The molecular weight excluding hydrogens is 380 g/mol. The van der Waals surface area contributed by atoms with Gasteiger partial charge in [-0.1, -0.05) is 12.1 Å². The number of hydrogen-bond donors (Lipinski definition) is 3. The molecule has 2 aromatic rings. The van der Waals surface area contributed by atoms with Crippen LogP contribution in [-0.4, -0.2) is 65.9 Å². The minimum Gasteiger partial charge on any atom is -0.366 e. The van der Waals surface area contributed by atoms with Crippen molar-refractivity contribution in [2.24, 2.45) is 5.73 Å². The van der Waals surface area contributed by atoms with E-state index in [9.17, 15) is 14.4 Å². The molecule has 4 N–H and O–H groups in total. The Labute approximate surface area is 166 Å². The first-order valence-electron chi connectivity index (χ1n) is 8.80. The van der Waals surface area contributed by atoms with E-state index in [0.29, 0.717) is 29.6 Å². The van der Waals surface area contributed by atoms with Crippen LogP contribution >= 0.6 is 11.3 Å². The minimum atomic E-state index is -0.613. The first-order valence-corrected chi connectivity index (χ1v) is 9.68. The van der Waals surface area contributed by atoms with E-state index in [1.807, 2.05) is 7.05 Å². The number of piperazine rings is 1. The van der Waals surface area contributed by atoms with Crippen LogP contribution in [0.15, 0.2) is 29.6 Å². The Morgan fingerprint density at radius 2 is 1.86 bits per heavy atom. The monoisotopic (exact) mass is 402 g/mol. The number of amides is 4. The molecule has 4 amide bonds. The molecule has 1 aromatic carbocycles. The highest BCUT2D eigenvalue weighted by Crippen LogP contribution is 2.18. The Morgan fingerprint density at radius 1 is 1.14 bits per heavy atom. The van der Waals surface area contributed by atoms with E-state index in [1.54, 1.807) is 34.5 Å². The molecule has 10 heteroatoms. The molecule has 0 unspecified atom stereocenters. The van der Waals surface area contributed by atoms with Crippen molar-refractivity contribution < 1.29 is 14.4 Å². The Kier molecular flexibility index (Phi) is 6.22. The Morgan fingerprint density at radius 3 is 2.57 bits per heavy atom. The SMILES string of the molecule is CN1CCN(C(=O)Nc2nc(CC(=O)Nc3ccccc3C(N)=O)cs2)CC1. The van der Waals surface area contributed by atoms with Gasteiger partial charge in [0.25, 0.3) is 5.91 Å². The number of rotatable bonds is 5. The molecule has 148 valence electrons. The summed E-state index contributed by atoms with van der Waals surface area (Å²) in [6.45, 7) is 3.01. The van der Waals surface area contributed by atoms with Crippen molar-refractivity contribution >= 4 is 40.0 Å². The second kappa shape index (κ2) is 8.81. The van der Waals surface area contributed by atoms with E-state index >= 15 is 0 Å². The fourth-order valence-electron chi connectivity index (χ4n) is 2.79. The van der Waals surface area contributed by atoms with Gasteiger partial charge in [-0.2, -0.15) is 0 Å². The smallest absolute Gasteiger partial charge is 0.323 e. The van der Waals surface area contributed by atoms with E-state index in [4.69, 9.17) is 5.73 Å². The summed E-state index contributed by atoms with van der Waals surface area (Å²) in [6.07, 6.45) is 0.0218. The number of para-hydroxylation sites is 1. The zero-order chi connectivity index (χ0) is 20.1. The van der Waals surface area contributed by atoms with Crippen molar-refractivity contribution in [1.29, 1.82) is 0 Å². The van der Waals surface area contributed by atoms with E-state index in [2.05, 4.69) is 20.5 Å². The lowest BCUT2D eigenvalue weighted by molar-refractivity contribution is -0.115. The first-order chi connectivity index (χ1) is 13.4. The molecule has 0 spiro atoms. The molecule has 0 bridgehead atoms. The molecule has 2 heterocycles. The van der Waals surface area contributed by atoms with E-state index in [0.717, 1.165) is 13.1 Å². The standard InChI is InChI=1S/C18H22N6O3S/c1-23-6-8-24(9-7-23)18(27)22-17-20-12(11-28-17)10-15(25)21-14-5-3-2-4-13(14)16(19)26/h2-5,11H,6-10H2,1H3,(H2,19,26)(H,21,25)(H,20,22,27). The summed E-state index contributed by atoms with van der Waals surface area (Å²) >= 11 is 1.26. The number of nitrogens with two attached hydrogens (primary N) is 1. The van der Waals surface area contributed by atoms with E-state index < -0.39 is 5.91 Å². The van der Waals surface area contributed by atoms with Crippen LogP contribution in [0.4, 0.5) is 15.6 Å². The van der Waals surface area contributed by atoms with Crippen LogP contribution in [0.3, 0.4) is 0 Å². The number of carbonyl (C=O) groups excluding carboxylic acids is 3. The third-order valence-corrected chi connectivity index (χ3v) is 5.17. The van der Waals surface area contributed by atoms with Crippen molar-refractivity contribution in [2.45, 2.75) is 6.42 Å². The predicted molar refractivity (Wildman–Crippen MR) is 107 cm³/mol. The number of thiazole rings is 1. The van der Waals surface area contributed by atoms with Gasteiger partial charge in [0.15, 0.2) is 5.13 Å². The molecular formula is C18H22N6O3S. The van der Waals surface area contributed by atoms with Crippen LogP contribution in [0.2, 0.25) is 0 Å². The first kappa shape index (κ1) is 19.8. The lowest BCUT2D eigenvalue weighted by atomic mass is 10.1. The van der Waals surface area contributed by atoms with Gasteiger partial charge >= 0.3 is 6.03 Å². The molecule has 0 radical (unpaired) electrons. The van der Waals surface area contributed by atoms with Gasteiger partial charge in [-0.15, -0.1) is 11.3 Å². The number of hydrogen-bond acceptors (Lipinski definition) is 6. The summed E-state index contributed by atoms with van der Waals surface area (Å²) in [5.41, 5.74) is 6.45. The summed E-state index contributed by atoms with van der Waals surface area (Å²) in [6, 6.07) is 6.35. The van der Waals surface area contributed by atoms with Crippen LogP contribution in [0.1, 0.15) is 16.1 Å². The number of anilines is 2. The maximum atomic E-state index is 12.3. The van der Waals surface area contributed by atoms with Gasteiger partial charge in [-0.05, 0) is 19.2 Å². The molecule has 0 aliphatic carbocycles. The number of likely N-dealkylation sites (N-methyl/N-ethyl adjacent to an activating group) is 1. The van der Waals surface area contributed by atoms with Crippen molar-refractivity contribution in [3.8, 4) is 0 Å². The highest BCUT2D eigenvalue weighted by atomic mass is 32.1. The summed E-state index contributed by atoms with van der Waals surface area (Å²) in [5, 5.41) is 7.62. The molecule has 1 aromatic heterocycles. The maximum absolute atomic E-state index is 12.3. The number of nitrogens with one attached hydrogen (secondary N) is 2. The van der Waals surface area contributed by atoms with Crippen LogP contribution in [0.25, 0.3) is 0 Å². The normalized spacial score (nSPS) is 14.5. The van der Waals surface area contributed by atoms with Gasteiger partial charge in [0, 0.05) is 31.6 Å². The van der Waals surface area contributed by atoms with Crippen molar-refractivity contribution in [2.75, 3.05) is 43.9 Å². The topological polar surface area (TPSA) is 121 Å². The number of aromatic nitrogens is 1. The molecule has 0 atom stereocenters. The lowest BCUT2D eigenvalue weighted by Crippen LogP contribution is -2.48. The fourth-order valence-corrected chi connectivity index (χ4v) is 3.49. The van der Waals surface area contributed by atoms with E-state index in [-0.39, 0.29) is 23.9 Å². The summed E-state index contributed by atoms with van der Waals surface area (Å²) in [7, 11) is 2.02. The molecule has 1 fully saturated rings. The number of primary amides is 1. The van der Waals surface area contributed by atoms with Gasteiger partial charge in [-0.25, -0.2) is 9.78 Å². The highest BCUT2D eigenvalue weighted by Gasteiger charge is 2.20. The maximum Gasteiger partial charge on any atom is 0.323 e. The molecule has 0 saturated carbocycles. The van der Waals surface area contributed by atoms with Gasteiger partial charge in [0.2, 0.25) is 5.91 Å². The van der Waals surface area contributed by atoms with Crippen molar-refractivity contribution in [3.05, 3.63) is 40.9 Å². The van der Waals surface area contributed by atoms with Gasteiger partial charge in [-0.3, -0.25) is 14.9 Å². The third kappa shape index (κ3) is 5.05. The Balaban J connectivity index is 1.55. The fraction of sp³-hybridized carbons (Fsp3) is 0.333. The summed E-state index contributed by atoms with van der Waals surface area (Å²) in [4.78, 5) is 44.2. The average Bonchev–Trinajstić information content (AvgIpc) is 3.09. The Bertz CT molecular complexity index is 876. The highest BCUT2D eigenvalue weighted by molar-refractivity contribution is 7.13. The summed E-state index contributed by atoms with van der Waals surface area (Å²) < 4.78 is 0. The zero-order valence-corrected chi connectivity index (χ0v) is 16.3. The van der Waals surface area contributed by atoms with E-state index in [1.165, 1.54) is 11.3 Å². The molecule has 1 aliphatic rings. The minimum absolute atomic E-state index is 0.0218. The quantitative estimate of drug-likeness (QED) is 0.694. The summed E-state index contributed by atoms with van der Waals surface area (Å²) in [5.74, 6) is -0.936. The van der Waals surface area contributed by atoms with Gasteiger partial charge in [0.1, 0.15) is 0 Å². The van der Waals surface area contributed by atoms with Crippen LogP contribution < -0.4 is 16.4 Å². The van der Waals surface area contributed by atoms with Crippen LogP contribution in [-0.2, 0) is 11.2 Å². The van der Waals surface area contributed by atoms with Crippen molar-refractivity contribution in [1.82, 2.24) is 14.8 Å². The molecule has 28 heavy (non-hydrogen) atoms. The zero-order valence-electron chi connectivity index (χ0n) is 15.5. The number of nitrogens with zero attached hydrogens (tertiary/aromatic N) is 3. The largest absolute Gasteiger partial charge is 0.366 e. The van der Waals surface area contributed by atoms with Crippen LogP contribution in [0.5, 0.6) is 0 Å². The molecule has 1 saturated heterocycles. The molecule has 9 nitrogen and oxygen atoms in total. The molecule has 1 aliphatic heterocycles. The number of urea groups is 1. The van der Waals surface area contributed by atoms with Gasteiger partial charge in [0.05, 0.1) is 23.4 Å². The van der Waals surface area contributed by atoms with Crippen LogP contribution in [0, 0.1) is 0 Å². The van der Waals surface area contributed by atoms with Gasteiger partial charge < -0.3 is 20.9 Å².